The van der Waals surface area contributed by atoms with Crippen molar-refractivity contribution >= 4 is 9.84 Å². The number of hydrogen-bond acceptors (Lipinski definition) is 3. The van der Waals surface area contributed by atoms with Crippen LogP contribution in [0.4, 0.5) is 4.39 Å². The number of rotatable bonds is 4. The van der Waals surface area contributed by atoms with Crippen LogP contribution in [0.1, 0.15) is 16.4 Å². The molecule has 0 aliphatic heterocycles. The SMILES string of the molecule is Cc1ccc(S(=O)(=O)[C@H](CN)c2ccccc2F)cc1. The fourth-order valence-corrected chi connectivity index (χ4v) is 3.67. The van der Waals surface area contributed by atoms with E-state index in [1.165, 1.54) is 30.3 Å². The predicted octanol–water partition coefficient (Wildman–Crippen LogP) is 2.61. The molecule has 2 aromatic carbocycles. The van der Waals surface area contributed by atoms with Crippen LogP contribution in [0.5, 0.6) is 0 Å². The van der Waals surface area contributed by atoms with Gasteiger partial charge in [0, 0.05) is 12.1 Å². The zero-order valence-corrected chi connectivity index (χ0v) is 11.9. The Balaban J connectivity index is 2.51. The molecule has 20 heavy (non-hydrogen) atoms. The van der Waals surface area contributed by atoms with E-state index in [-0.39, 0.29) is 17.0 Å². The molecule has 2 rings (SSSR count). The zero-order valence-electron chi connectivity index (χ0n) is 11.1. The second kappa shape index (κ2) is 5.73. The summed E-state index contributed by atoms with van der Waals surface area (Å²) in [6.07, 6.45) is 0. The lowest BCUT2D eigenvalue weighted by Crippen LogP contribution is -2.23. The highest BCUT2D eigenvalue weighted by Gasteiger charge is 2.29. The fraction of sp³-hybridized carbons (Fsp3) is 0.200. The molecule has 5 heteroatoms. The summed E-state index contributed by atoms with van der Waals surface area (Å²) in [5, 5.41) is -1.08. The third-order valence-electron chi connectivity index (χ3n) is 3.19. The van der Waals surface area contributed by atoms with Crippen LogP contribution in [-0.4, -0.2) is 15.0 Å². The summed E-state index contributed by atoms with van der Waals surface area (Å²) >= 11 is 0. The van der Waals surface area contributed by atoms with E-state index in [0.29, 0.717) is 0 Å². The predicted molar refractivity (Wildman–Crippen MR) is 76.6 cm³/mol. The summed E-state index contributed by atoms with van der Waals surface area (Å²) in [5.74, 6) is -0.557. The average Bonchev–Trinajstić information content (AvgIpc) is 2.42. The molecule has 1 atom stereocenters. The normalized spacial score (nSPS) is 13.2. The molecule has 2 aromatic rings. The molecule has 106 valence electrons. The van der Waals surface area contributed by atoms with Crippen molar-refractivity contribution in [3.05, 3.63) is 65.5 Å². The van der Waals surface area contributed by atoms with Crippen molar-refractivity contribution in [2.24, 2.45) is 5.73 Å². The molecule has 3 nitrogen and oxygen atoms in total. The van der Waals surface area contributed by atoms with Crippen LogP contribution in [0.15, 0.2) is 53.4 Å². The molecule has 0 spiro atoms. The lowest BCUT2D eigenvalue weighted by atomic mass is 10.1. The fourth-order valence-electron chi connectivity index (χ4n) is 2.05. The minimum absolute atomic E-state index is 0.107. The van der Waals surface area contributed by atoms with E-state index in [9.17, 15) is 12.8 Å². The van der Waals surface area contributed by atoms with Gasteiger partial charge in [0.25, 0.3) is 0 Å². The summed E-state index contributed by atoms with van der Waals surface area (Å²) < 4.78 is 39.0. The van der Waals surface area contributed by atoms with Gasteiger partial charge in [-0.1, -0.05) is 35.9 Å². The van der Waals surface area contributed by atoms with Gasteiger partial charge < -0.3 is 5.73 Å². The van der Waals surface area contributed by atoms with Gasteiger partial charge in [-0.25, -0.2) is 12.8 Å². The van der Waals surface area contributed by atoms with Crippen molar-refractivity contribution in [3.63, 3.8) is 0 Å². The van der Waals surface area contributed by atoms with Crippen LogP contribution >= 0.6 is 0 Å². The van der Waals surface area contributed by atoms with Crippen molar-refractivity contribution < 1.29 is 12.8 Å². The first-order valence-electron chi connectivity index (χ1n) is 6.22. The van der Waals surface area contributed by atoms with Crippen LogP contribution in [0.25, 0.3) is 0 Å². The molecule has 0 aromatic heterocycles. The van der Waals surface area contributed by atoms with Gasteiger partial charge in [0.2, 0.25) is 0 Å². The first-order valence-corrected chi connectivity index (χ1v) is 7.76. The van der Waals surface area contributed by atoms with E-state index in [1.54, 1.807) is 18.2 Å². The maximum atomic E-state index is 13.8. The topological polar surface area (TPSA) is 60.2 Å². The molecule has 0 amide bonds. The standard InChI is InChI=1S/C15H16FNO2S/c1-11-6-8-12(9-7-11)20(18,19)15(10-17)13-4-2-3-5-14(13)16/h2-9,15H,10,17H2,1H3/t15-/m1/s1. The smallest absolute Gasteiger partial charge is 0.186 e. The Kier molecular flexibility index (Phi) is 4.20. The van der Waals surface area contributed by atoms with Gasteiger partial charge in [0.15, 0.2) is 9.84 Å². The largest absolute Gasteiger partial charge is 0.329 e. The van der Waals surface area contributed by atoms with E-state index < -0.39 is 20.9 Å². The molecule has 0 radical (unpaired) electrons. The van der Waals surface area contributed by atoms with Gasteiger partial charge in [-0.3, -0.25) is 0 Å². The molecule has 0 aliphatic carbocycles. The number of hydrogen-bond donors (Lipinski definition) is 1. The third kappa shape index (κ3) is 2.73. The monoisotopic (exact) mass is 293 g/mol. The van der Waals surface area contributed by atoms with Crippen molar-refractivity contribution in [3.8, 4) is 0 Å². The minimum Gasteiger partial charge on any atom is -0.329 e. The first kappa shape index (κ1) is 14.7. The quantitative estimate of drug-likeness (QED) is 0.942. The molecule has 0 fully saturated rings. The maximum absolute atomic E-state index is 13.8. The van der Waals surface area contributed by atoms with E-state index in [0.717, 1.165) is 5.56 Å². The van der Waals surface area contributed by atoms with Gasteiger partial charge in [-0.2, -0.15) is 0 Å². The average molecular weight is 293 g/mol. The summed E-state index contributed by atoms with van der Waals surface area (Å²) in [7, 11) is -3.71. The van der Waals surface area contributed by atoms with Crippen molar-refractivity contribution in [2.45, 2.75) is 17.1 Å². The molecule has 0 saturated carbocycles. The summed E-state index contributed by atoms with van der Waals surface area (Å²) in [5.41, 5.74) is 6.65. The molecule has 2 N–H and O–H groups in total. The zero-order chi connectivity index (χ0) is 14.8. The second-order valence-electron chi connectivity index (χ2n) is 4.60. The van der Waals surface area contributed by atoms with E-state index in [2.05, 4.69) is 0 Å². The van der Waals surface area contributed by atoms with Crippen molar-refractivity contribution in [1.29, 1.82) is 0 Å². The lowest BCUT2D eigenvalue weighted by Gasteiger charge is -2.17. The van der Waals surface area contributed by atoms with Crippen molar-refractivity contribution in [1.82, 2.24) is 0 Å². The van der Waals surface area contributed by atoms with Crippen molar-refractivity contribution in [2.75, 3.05) is 6.54 Å². The van der Waals surface area contributed by atoms with Gasteiger partial charge in [0.1, 0.15) is 11.1 Å². The number of sulfone groups is 1. The Morgan fingerprint density at radius 2 is 1.70 bits per heavy atom. The molecule has 0 unspecified atom stereocenters. The number of benzene rings is 2. The Hall–Kier alpha value is -1.72. The summed E-state index contributed by atoms with van der Waals surface area (Å²) in [6, 6.07) is 12.3. The first-order chi connectivity index (χ1) is 9.46. The highest BCUT2D eigenvalue weighted by Crippen LogP contribution is 2.29. The lowest BCUT2D eigenvalue weighted by molar-refractivity contribution is 0.568. The number of aryl methyl sites for hydroxylation is 1. The highest BCUT2D eigenvalue weighted by atomic mass is 32.2. The van der Waals surface area contributed by atoms with Crippen LogP contribution in [0, 0.1) is 12.7 Å². The Labute approximate surface area is 118 Å². The third-order valence-corrected chi connectivity index (χ3v) is 5.32. The van der Waals surface area contributed by atoms with Gasteiger partial charge in [-0.15, -0.1) is 0 Å². The molecule has 0 aliphatic rings. The Morgan fingerprint density at radius 1 is 1.10 bits per heavy atom. The second-order valence-corrected chi connectivity index (χ2v) is 6.73. The summed E-state index contributed by atoms with van der Waals surface area (Å²) in [6.45, 7) is 1.70. The van der Waals surface area contributed by atoms with Crippen LogP contribution < -0.4 is 5.73 Å². The number of nitrogens with two attached hydrogens (primary N) is 1. The maximum Gasteiger partial charge on any atom is 0.186 e. The van der Waals surface area contributed by atoms with Gasteiger partial charge in [-0.05, 0) is 25.1 Å². The minimum atomic E-state index is -3.71. The van der Waals surface area contributed by atoms with Crippen LogP contribution in [-0.2, 0) is 9.84 Å². The Bertz CT molecular complexity index is 696. The van der Waals surface area contributed by atoms with Gasteiger partial charge >= 0.3 is 0 Å². The highest BCUT2D eigenvalue weighted by molar-refractivity contribution is 7.91. The summed E-state index contributed by atoms with van der Waals surface area (Å²) in [4.78, 5) is 0.154. The molecule has 0 saturated heterocycles. The molecule has 0 bridgehead atoms. The van der Waals surface area contributed by atoms with E-state index in [4.69, 9.17) is 5.73 Å². The molecular formula is C15H16FNO2S. The molecule has 0 heterocycles. The van der Waals surface area contributed by atoms with E-state index in [1.807, 2.05) is 6.92 Å². The van der Waals surface area contributed by atoms with Crippen LogP contribution in [0.2, 0.25) is 0 Å². The molecular weight excluding hydrogens is 277 g/mol. The van der Waals surface area contributed by atoms with Gasteiger partial charge in [0.05, 0.1) is 4.90 Å². The Morgan fingerprint density at radius 3 is 2.25 bits per heavy atom. The van der Waals surface area contributed by atoms with Crippen LogP contribution in [0.3, 0.4) is 0 Å². The number of halogens is 1. The van der Waals surface area contributed by atoms with E-state index >= 15 is 0 Å².